The van der Waals surface area contributed by atoms with Crippen molar-refractivity contribution >= 4 is 5.91 Å². The molecule has 0 aromatic carbocycles. The Morgan fingerprint density at radius 2 is 2.00 bits per heavy atom. The first-order valence-electron chi connectivity index (χ1n) is 6.67. The number of likely N-dealkylation sites (tertiary alicyclic amines) is 1. The molecule has 1 saturated heterocycles. The van der Waals surface area contributed by atoms with Crippen LogP contribution >= 0.6 is 0 Å². The van der Waals surface area contributed by atoms with Gasteiger partial charge in [0.05, 0.1) is 6.26 Å². The molecule has 0 radical (unpaired) electrons. The Labute approximate surface area is 112 Å². The first kappa shape index (κ1) is 13.6. The lowest BCUT2D eigenvalue weighted by Crippen LogP contribution is -2.36. The van der Waals surface area contributed by atoms with Crippen LogP contribution in [0.2, 0.25) is 0 Å². The van der Waals surface area contributed by atoms with Crippen molar-refractivity contribution in [2.24, 2.45) is 0 Å². The average Bonchev–Trinajstić information content (AvgIpc) is 2.66. The summed E-state index contributed by atoms with van der Waals surface area (Å²) in [7, 11) is 0. The predicted octanol–water partition coefficient (Wildman–Crippen LogP) is 1.73. The summed E-state index contributed by atoms with van der Waals surface area (Å²) in [5.41, 5.74) is -0.257. The zero-order chi connectivity index (χ0) is 13.7. The van der Waals surface area contributed by atoms with E-state index in [1.54, 1.807) is 6.92 Å². The second-order valence-electron chi connectivity index (χ2n) is 4.75. The molecule has 0 atom stereocenters. The zero-order valence-corrected chi connectivity index (χ0v) is 11.2. The van der Waals surface area contributed by atoms with Crippen LogP contribution < -0.4 is 10.2 Å². The molecule has 0 N–H and O–H groups in total. The lowest BCUT2D eigenvalue weighted by molar-refractivity contribution is -0.133. The van der Waals surface area contributed by atoms with Gasteiger partial charge in [0.2, 0.25) is 11.2 Å². The zero-order valence-electron chi connectivity index (χ0n) is 11.2. The molecule has 1 amide bonds. The van der Waals surface area contributed by atoms with Crippen molar-refractivity contribution in [3.63, 3.8) is 0 Å². The highest BCUT2D eigenvalue weighted by molar-refractivity contribution is 5.77. The third-order valence-electron chi connectivity index (χ3n) is 3.31. The van der Waals surface area contributed by atoms with Gasteiger partial charge in [0.1, 0.15) is 5.76 Å². The van der Waals surface area contributed by atoms with E-state index in [2.05, 4.69) is 0 Å². The molecule has 0 unspecified atom stereocenters. The van der Waals surface area contributed by atoms with Crippen LogP contribution in [0, 0.1) is 6.92 Å². The minimum Gasteiger partial charge on any atom is -0.476 e. The summed E-state index contributed by atoms with van der Waals surface area (Å²) in [6, 6.07) is 1.29. The quantitative estimate of drug-likeness (QED) is 0.835. The number of nitrogens with zero attached hydrogens (tertiary/aromatic N) is 1. The van der Waals surface area contributed by atoms with Gasteiger partial charge in [0, 0.05) is 19.2 Å². The Morgan fingerprint density at radius 3 is 2.63 bits per heavy atom. The van der Waals surface area contributed by atoms with Crippen molar-refractivity contribution < 1.29 is 13.9 Å². The molecule has 0 saturated carbocycles. The number of carbonyl (C=O) groups is 1. The molecule has 1 aliphatic rings. The summed E-state index contributed by atoms with van der Waals surface area (Å²) in [5.74, 6) is 0.464. The minimum atomic E-state index is -0.257. The van der Waals surface area contributed by atoms with Gasteiger partial charge < -0.3 is 14.1 Å². The number of hydrogen-bond acceptors (Lipinski definition) is 4. The summed E-state index contributed by atoms with van der Waals surface area (Å²) in [6.07, 6.45) is 5.75. The lowest BCUT2D eigenvalue weighted by atomic mass is 10.2. The molecule has 0 spiro atoms. The Morgan fingerprint density at radius 1 is 1.32 bits per heavy atom. The second-order valence-corrected chi connectivity index (χ2v) is 4.75. The highest BCUT2D eigenvalue weighted by Crippen LogP contribution is 2.12. The van der Waals surface area contributed by atoms with Crippen LogP contribution in [-0.4, -0.2) is 30.5 Å². The monoisotopic (exact) mass is 265 g/mol. The number of rotatable bonds is 3. The predicted molar refractivity (Wildman–Crippen MR) is 70.3 cm³/mol. The van der Waals surface area contributed by atoms with Gasteiger partial charge in [-0.05, 0) is 19.8 Å². The molecule has 1 aromatic heterocycles. The van der Waals surface area contributed by atoms with Gasteiger partial charge in [-0.1, -0.05) is 12.8 Å². The van der Waals surface area contributed by atoms with Crippen molar-refractivity contribution in [2.75, 3.05) is 19.7 Å². The van der Waals surface area contributed by atoms with Gasteiger partial charge in [0.15, 0.2) is 6.61 Å². The average molecular weight is 265 g/mol. The molecular weight excluding hydrogens is 246 g/mol. The molecule has 1 aliphatic heterocycles. The van der Waals surface area contributed by atoms with E-state index in [0.717, 1.165) is 25.9 Å². The molecule has 1 aromatic rings. The van der Waals surface area contributed by atoms with E-state index >= 15 is 0 Å². The van der Waals surface area contributed by atoms with E-state index in [1.807, 2.05) is 4.90 Å². The molecule has 5 heteroatoms. The number of amides is 1. The first-order chi connectivity index (χ1) is 9.18. The highest BCUT2D eigenvalue weighted by atomic mass is 16.5. The summed E-state index contributed by atoms with van der Waals surface area (Å²) >= 11 is 0. The maximum Gasteiger partial charge on any atom is 0.260 e. The van der Waals surface area contributed by atoms with Gasteiger partial charge in [-0.15, -0.1) is 0 Å². The fourth-order valence-corrected chi connectivity index (χ4v) is 2.22. The molecule has 0 aliphatic carbocycles. The normalized spacial score (nSPS) is 15.9. The van der Waals surface area contributed by atoms with Crippen LogP contribution in [0.5, 0.6) is 5.75 Å². The number of carbonyl (C=O) groups excluding carboxylic acids is 1. The highest BCUT2D eigenvalue weighted by Gasteiger charge is 2.17. The van der Waals surface area contributed by atoms with Crippen LogP contribution in [-0.2, 0) is 4.79 Å². The van der Waals surface area contributed by atoms with Gasteiger partial charge in [0.25, 0.3) is 5.91 Å². The molecule has 1 fully saturated rings. The summed E-state index contributed by atoms with van der Waals surface area (Å²) in [4.78, 5) is 25.4. The van der Waals surface area contributed by atoms with Gasteiger partial charge in [-0.2, -0.15) is 0 Å². The number of ether oxygens (including phenoxy) is 1. The number of hydrogen-bond donors (Lipinski definition) is 0. The molecule has 19 heavy (non-hydrogen) atoms. The Hall–Kier alpha value is -1.78. The van der Waals surface area contributed by atoms with E-state index in [1.165, 1.54) is 25.2 Å². The SMILES string of the molecule is Cc1occc(=O)c1OCC(=O)N1CCCCCC1. The van der Waals surface area contributed by atoms with Crippen LogP contribution in [0.25, 0.3) is 0 Å². The van der Waals surface area contributed by atoms with Gasteiger partial charge in [-0.25, -0.2) is 0 Å². The van der Waals surface area contributed by atoms with E-state index in [0.29, 0.717) is 5.76 Å². The van der Waals surface area contributed by atoms with Gasteiger partial charge >= 0.3 is 0 Å². The number of aryl methyl sites for hydroxylation is 1. The Bertz CT molecular complexity index is 486. The van der Waals surface area contributed by atoms with Crippen molar-refractivity contribution in [2.45, 2.75) is 32.6 Å². The first-order valence-corrected chi connectivity index (χ1v) is 6.67. The fraction of sp³-hybridized carbons (Fsp3) is 0.571. The van der Waals surface area contributed by atoms with Crippen molar-refractivity contribution in [1.82, 2.24) is 4.90 Å². The third-order valence-corrected chi connectivity index (χ3v) is 3.31. The summed E-state index contributed by atoms with van der Waals surface area (Å²) < 4.78 is 10.4. The van der Waals surface area contributed by atoms with Crippen LogP contribution in [0.3, 0.4) is 0 Å². The maximum atomic E-state index is 12.0. The molecule has 0 bridgehead atoms. The largest absolute Gasteiger partial charge is 0.476 e. The Kier molecular flexibility index (Phi) is 4.60. The molecule has 2 rings (SSSR count). The van der Waals surface area contributed by atoms with E-state index < -0.39 is 0 Å². The molecular formula is C14H19NO4. The topological polar surface area (TPSA) is 59.8 Å². The lowest BCUT2D eigenvalue weighted by Gasteiger charge is -2.20. The second kappa shape index (κ2) is 6.41. The van der Waals surface area contributed by atoms with E-state index in [-0.39, 0.29) is 23.7 Å². The van der Waals surface area contributed by atoms with Crippen molar-refractivity contribution in [3.05, 3.63) is 28.3 Å². The Balaban J connectivity index is 1.94. The van der Waals surface area contributed by atoms with Gasteiger partial charge in [-0.3, -0.25) is 9.59 Å². The standard InChI is InChI=1S/C14H19NO4/c1-11-14(12(16)6-9-18-11)19-10-13(17)15-7-4-2-3-5-8-15/h6,9H,2-5,7-8,10H2,1H3. The van der Waals surface area contributed by atoms with Crippen molar-refractivity contribution in [3.8, 4) is 5.75 Å². The maximum absolute atomic E-state index is 12.0. The van der Waals surface area contributed by atoms with E-state index in [4.69, 9.17) is 9.15 Å². The molecule has 104 valence electrons. The van der Waals surface area contributed by atoms with Crippen LogP contribution in [0.15, 0.2) is 21.5 Å². The summed E-state index contributed by atoms with van der Waals surface area (Å²) in [5, 5.41) is 0. The van der Waals surface area contributed by atoms with Crippen molar-refractivity contribution in [1.29, 1.82) is 0 Å². The van der Waals surface area contributed by atoms with Crippen LogP contribution in [0.1, 0.15) is 31.4 Å². The smallest absolute Gasteiger partial charge is 0.260 e. The summed E-state index contributed by atoms with van der Waals surface area (Å²) in [6.45, 7) is 3.11. The molecule has 5 nitrogen and oxygen atoms in total. The van der Waals surface area contributed by atoms with Crippen LogP contribution in [0.4, 0.5) is 0 Å². The van der Waals surface area contributed by atoms with E-state index in [9.17, 15) is 9.59 Å². The fourth-order valence-electron chi connectivity index (χ4n) is 2.22. The minimum absolute atomic E-state index is 0.0652. The third kappa shape index (κ3) is 3.59. The molecule has 2 heterocycles.